The van der Waals surface area contributed by atoms with Gasteiger partial charge in [-0.1, -0.05) is 22.6 Å². The Labute approximate surface area is 88.7 Å². The number of nitrogens with one attached hydrogen (secondary N) is 1. The summed E-state index contributed by atoms with van der Waals surface area (Å²) in [6.45, 7) is 2.59. The van der Waals surface area contributed by atoms with Gasteiger partial charge in [0, 0.05) is 16.4 Å². The van der Waals surface area contributed by atoms with E-state index < -0.39 is 0 Å². The molecule has 1 aromatic rings. The molecule has 0 aliphatic heterocycles. The molecule has 0 spiro atoms. The lowest BCUT2D eigenvalue weighted by molar-refractivity contribution is 0.0952. The Morgan fingerprint density at radius 3 is 3.08 bits per heavy atom. The van der Waals surface area contributed by atoms with Crippen molar-refractivity contribution >= 4 is 39.8 Å². The summed E-state index contributed by atoms with van der Waals surface area (Å²) in [6.07, 6.45) is 0. The first-order valence-corrected chi connectivity index (χ1v) is 5.91. The summed E-state index contributed by atoms with van der Waals surface area (Å²) in [5.74, 6) is -0.0731. The van der Waals surface area contributed by atoms with Gasteiger partial charge in [0.2, 0.25) is 0 Å². The van der Waals surface area contributed by atoms with Gasteiger partial charge in [0.25, 0.3) is 5.91 Å². The van der Waals surface area contributed by atoms with Crippen LogP contribution in [-0.4, -0.2) is 21.9 Å². The van der Waals surface area contributed by atoms with Crippen molar-refractivity contribution in [2.24, 2.45) is 0 Å². The van der Waals surface area contributed by atoms with E-state index in [9.17, 15) is 4.79 Å². The van der Waals surface area contributed by atoms with Crippen molar-refractivity contribution in [2.75, 3.05) is 11.0 Å². The molecule has 0 aromatic carbocycles. The number of aryl methyl sites for hydroxylation is 1. The number of rotatable bonds is 3. The van der Waals surface area contributed by atoms with Gasteiger partial charge in [0.1, 0.15) is 5.69 Å². The summed E-state index contributed by atoms with van der Waals surface area (Å²) in [7, 11) is 0. The zero-order valence-electron chi connectivity index (χ0n) is 6.63. The number of aromatic nitrogens is 1. The average Bonchev–Trinajstić information content (AvgIpc) is 2.47. The van der Waals surface area contributed by atoms with Crippen LogP contribution in [0.5, 0.6) is 0 Å². The van der Waals surface area contributed by atoms with E-state index >= 15 is 0 Å². The van der Waals surface area contributed by atoms with Crippen LogP contribution in [-0.2, 0) is 0 Å². The molecule has 1 rings (SSSR count). The Kier molecular flexibility index (Phi) is 3.93. The molecule has 0 saturated heterocycles. The minimum absolute atomic E-state index is 0.0731. The van der Waals surface area contributed by atoms with Gasteiger partial charge < -0.3 is 5.32 Å². The van der Waals surface area contributed by atoms with Crippen LogP contribution in [0.25, 0.3) is 0 Å². The SMILES string of the molecule is Cc1nc(C(=O)NCCI)cs1. The van der Waals surface area contributed by atoms with Crippen molar-refractivity contribution in [3.8, 4) is 0 Å². The number of carbonyl (C=O) groups excluding carboxylic acids is 1. The van der Waals surface area contributed by atoms with Gasteiger partial charge >= 0.3 is 0 Å². The van der Waals surface area contributed by atoms with Crippen molar-refractivity contribution in [2.45, 2.75) is 6.92 Å². The molecule has 0 aliphatic carbocycles. The maximum absolute atomic E-state index is 11.2. The van der Waals surface area contributed by atoms with Crippen LogP contribution in [0.15, 0.2) is 5.38 Å². The quantitative estimate of drug-likeness (QED) is 0.680. The second kappa shape index (κ2) is 4.76. The molecule has 1 aromatic heterocycles. The van der Waals surface area contributed by atoms with Gasteiger partial charge in [0.15, 0.2) is 0 Å². The molecule has 0 bridgehead atoms. The van der Waals surface area contributed by atoms with Crippen LogP contribution in [0.3, 0.4) is 0 Å². The fourth-order valence-electron chi connectivity index (χ4n) is 0.719. The van der Waals surface area contributed by atoms with Gasteiger partial charge in [-0.05, 0) is 6.92 Å². The third kappa shape index (κ3) is 2.71. The molecule has 0 fully saturated rings. The number of carbonyl (C=O) groups is 1. The van der Waals surface area contributed by atoms with E-state index in [0.717, 1.165) is 9.44 Å². The van der Waals surface area contributed by atoms with Crippen LogP contribution in [0.4, 0.5) is 0 Å². The average molecular weight is 296 g/mol. The molecule has 66 valence electrons. The van der Waals surface area contributed by atoms with Crippen molar-refractivity contribution in [1.82, 2.24) is 10.3 Å². The van der Waals surface area contributed by atoms with Crippen molar-refractivity contribution in [3.63, 3.8) is 0 Å². The number of thiazole rings is 1. The number of alkyl halides is 1. The minimum Gasteiger partial charge on any atom is -0.350 e. The summed E-state index contributed by atoms with van der Waals surface area (Å²) < 4.78 is 0.923. The molecule has 0 aliphatic rings. The third-order valence-electron chi connectivity index (χ3n) is 1.23. The molecule has 12 heavy (non-hydrogen) atoms. The van der Waals surface area contributed by atoms with Gasteiger partial charge in [0.05, 0.1) is 5.01 Å². The number of halogens is 1. The molecule has 1 amide bonds. The molecule has 0 unspecified atom stereocenters. The first-order chi connectivity index (χ1) is 5.74. The maximum Gasteiger partial charge on any atom is 0.270 e. The molecule has 0 atom stereocenters. The largest absolute Gasteiger partial charge is 0.350 e. The van der Waals surface area contributed by atoms with E-state index in [1.807, 2.05) is 6.92 Å². The maximum atomic E-state index is 11.2. The van der Waals surface area contributed by atoms with Crippen molar-refractivity contribution in [1.29, 1.82) is 0 Å². The van der Waals surface area contributed by atoms with Gasteiger partial charge in [-0.25, -0.2) is 4.98 Å². The Morgan fingerprint density at radius 2 is 2.58 bits per heavy atom. The van der Waals surface area contributed by atoms with E-state index in [-0.39, 0.29) is 5.91 Å². The van der Waals surface area contributed by atoms with Crippen LogP contribution >= 0.6 is 33.9 Å². The zero-order valence-corrected chi connectivity index (χ0v) is 9.61. The van der Waals surface area contributed by atoms with E-state index in [1.54, 1.807) is 5.38 Å². The normalized spacial score (nSPS) is 9.83. The summed E-state index contributed by atoms with van der Waals surface area (Å²) >= 11 is 3.71. The smallest absolute Gasteiger partial charge is 0.270 e. The zero-order chi connectivity index (χ0) is 8.97. The summed E-state index contributed by atoms with van der Waals surface area (Å²) in [5, 5.41) is 5.46. The highest BCUT2D eigenvalue weighted by atomic mass is 127. The number of hydrogen-bond donors (Lipinski definition) is 1. The lowest BCUT2D eigenvalue weighted by Crippen LogP contribution is -2.25. The number of amides is 1. The first kappa shape index (κ1) is 9.91. The van der Waals surface area contributed by atoms with Crippen LogP contribution in [0.1, 0.15) is 15.5 Å². The predicted molar refractivity (Wildman–Crippen MR) is 58.1 cm³/mol. The molecule has 0 radical (unpaired) electrons. The highest BCUT2D eigenvalue weighted by Crippen LogP contribution is 2.07. The highest BCUT2D eigenvalue weighted by Gasteiger charge is 2.06. The van der Waals surface area contributed by atoms with E-state index in [4.69, 9.17) is 0 Å². The van der Waals surface area contributed by atoms with Gasteiger partial charge in [-0.3, -0.25) is 4.79 Å². The fraction of sp³-hybridized carbons (Fsp3) is 0.429. The van der Waals surface area contributed by atoms with Crippen molar-refractivity contribution in [3.05, 3.63) is 16.1 Å². The molecular formula is C7H9IN2OS. The summed E-state index contributed by atoms with van der Waals surface area (Å²) in [5.41, 5.74) is 0.530. The molecule has 1 heterocycles. The van der Waals surface area contributed by atoms with Crippen LogP contribution in [0.2, 0.25) is 0 Å². The second-order valence-corrected chi connectivity index (χ2v) is 4.34. The van der Waals surface area contributed by atoms with Crippen LogP contribution in [0, 0.1) is 6.92 Å². The van der Waals surface area contributed by atoms with Crippen molar-refractivity contribution < 1.29 is 4.79 Å². The Bertz CT molecular complexity index is 274. The van der Waals surface area contributed by atoms with E-state index in [1.165, 1.54) is 11.3 Å². The fourth-order valence-corrected chi connectivity index (χ4v) is 1.58. The van der Waals surface area contributed by atoms with Gasteiger partial charge in [-0.15, -0.1) is 11.3 Å². The predicted octanol–water partition coefficient (Wildman–Crippen LogP) is 1.62. The number of nitrogens with zero attached hydrogens (tertiary/aromatic N) is 1. The standard InChI is InChI=1S/C7H9IN2OS/c1-5-10-6(4-12-5)7(11)9-3-2-8/h4H,2-3H2,1H3,(H,9,11). The Hall–Kier alpha value is -0.170. The third-order valence-corrected chi connectivity index (χ3v) is 2.54. The molecular weight excluding hydrogens is 287 g/mol. The Balaban J connectivity index is 2.53. The molecule has 0 saturated carbocycles. The van der Waals surface area contributed by atoms with E-state index in [2.05, 4.69) is 32.9 Å². The summed E-state index contributed by atoms with van der Waals surface area (Å²) in [4.78, 5) is 15.3. The second-order valence-electron chi connectivity index (χ2n) is 2.20. The topological polar surface area (TPSA) is 42.0 Å². The molecule has 5 heteroatoms. The number of hydrogen-bond acceptors (Lipinski definition) is 3. The lowest BCUT2D eigenvalue weighted by atomic mass is 10.4. The monoisotopic (exact) mass is 296 g/mol. The molecule has 1 N–H and O–H groups in total. The summed E-state index contributed by atoms with van der Waals surface area (Å²) in [6, 6.07) is 0. The lowest BCUT2D eigenvalue weighted by Gasteiger charge is -1.97. The van der Waals surface area contributed by atoms with Crippen LogP contribution < -0.4 is 5.32 Å². The van der Waals surface area contributed by atoms with E-state index in [0.29, 0.717) is 12.2 Å². The molecule has 3 nitrogen and oxygen atoms in total. The minimum atomic E-state index is -0.0731. The highest BCUT2D eigenvalue weighted by molar-refractivity contribution is 14.1. The first-order valence-electron chi connectivity index (χ1n) is 3.50. The Morgan fingerprint density at radius 1 is 1.83 bits per heavy atom. The van der Waals surface area contributed by atoms with Gasteiger partial charge in [-0.2, -0.15) is 0 Å².